The summed E-state index contributed by atoms with van der Waals surface area (Å²) in [6.07, 6.45) is 0. The van der Waals surface area contributed by atoms with Crippen LogP contribution >= 0.6 is 23.6 Å². The monoisotopic (exact) mass is 314 g/mol. The van der Waals surface area contributed by atoms with E-state index in [4.69, 9.17) is 12.2 Å². The molecule has 6 nitrogen and oxygen atoms in total. The standard InChI is InChI=1S/C13H10N6S2/c1-7-9(11-14-12(20)17-16-11)21-13-15-10(18-19(7)13)8-5-3-2-4-6-8/h2-6H,1H3,(H2,14,16,17,20). The van der Waals surface area contributed by atoms with E-state index in [1.54, 1.807) is 0 Å². The molecule has 3 heterocycles. The van der Waals surface area contributed by atoms with Gasteiger partial charge in [-0.2, -0.15) is 9.97 Å². The van der Waals surface area contributed by atoms with Gasteiger partial charge in [0.25, 0.3) is 0 Å². The Balaban J connectivity index is 1.86. The van der Waals surface area contributed by atoms with Crippen LogP contribution in [0.2, 0.25) is 0 Å². The molecule has 21 heavy (non-hydrogen) atoms. The maximum atomic E-state index is 4.99. The van der Waals surface area contributed by atoms with Crippen molar-refractivity contribution in [2.45, 2.75) is 6.92 Å². The molecule has 0 spiro atoms. The SMILES string of the molecule is Cc1c(-c2nc(=S)[nH][nH]2)sc2nc(-c3ccccc3)nn12. The summed E-state index contributed by atoms with van der Waals surface area (Å²) >= 11 is 6.52. The number of benzene rings is 1. The van der Waals surface area contributed by atoms with Crippen molar-refractivity contribution in [2.24, 2.45) is 0 Å². The largest absolute Gasteiger partial charge is 0.281 e. The quantitative estimate of drug-likeness (QED) is 0.557. The number of aromatic amines is 2. The van der Waals surface area contributed by atoms with Crippen molar-refractivity contribution in [1.29, 1.82) is 0 Å². The van der Waals surface area contributed by atoms with Gasteiger partial charge in [0.05, 0.1) is 10.6 Å². The molecule has 0 unspecified atom stereocenters. The van der Waals surface area contributed by atoms with E-state index in [1.165, 1.54) is 11.3 Å². The summed E-state index contributed by atoms with van der Waals surface area (Å²) in [5.74, 6) is 1.45. The van der Waals surface area contributed by atoms with Crippen LogP contribution in [0.25, 0.3) is 27.1 Å². The van der Waals surface area contributed by atoms with Crippen LogP contribution < -0.4 is 0 Å². The fraction of sp³-hybridized carbons (Fsp3) is 0.0769. The minimum atomic E-state index is 0.438. The Morgan fingerprint density at radius 3 is 2.62 bits per heavy atom. The molecule has 104 valence electrons. The van der Waals surface area contributed by atoms with Gasteiger partial charge >= 0.3 is 0 Å². The predicted octanol–water partition coefficient (Wildman–Crippen LogP) is 3.21. The highest BCUT2D eigenvalue weighted by Crippen LogP contribution is 2.30. The van der Waals surface area contributed by atoms with Crippen LogP contribution in [-0.4, -0.2) is 29.8 Å². The lowest BCUT2D eigenvalue weighted by atomic mass is 10.2. The van der Waals surface area contributed by atoms with E-state index in [1.807, 2.05) is 41.8 Å². The molecular weight excluding hydrogens is 304 g/mol. The first-order valence-electron chi connectivity index (χ1n) is 6.29. The van der Waals surface area contributed by atoms with Crippen molar-refractivity contribution >= 4 is 28.5 Å². The minimum absolute atomic E-state index is 0.438. The number of rotatable bonds is 2. The van der Waals surface area contributed by atoms with Crippen molar-refractivity contribution in [2.75, 3.05) is 0 Å². The molecule has 1 aromatic carbocycles. The van der Waals surface area contributed by atoms with Crippen LogP contribution in [-0.2, 0) is 0 Å². The highest BCUT2D eigenvalue weighted by molar-refractivity contribution is 7.71. The number of aromatic nitrogens is 6. The molecule has 0 aliphatic carbocycles. The molecule has 8 heteroatoms. The zero-order valence-electron chi connectivity index (χ0n) is 11.0. The number of aryl methyl sites for hydroxylation is 1. The summed E-state index contributed by atoms with van der Waals surface area (Å²) in [7, 11) is 0. The normalized spacial score (nSPS) is 11.3. The average molecular weight is 314 g/mol. The van der Waals surface area contributed by atoms with Crippen molar-refractivity contribution in [1.82, 2.24) is 29.8 Å². The number of hydrogen-bond acceptors (Lipinski definition) is 5. The first-order valence-corrected chi connectivity index (χ1v) is 7.51. The van der Waals surface area contributed by atoms with Crippen LogP contribution in [0, 0.1) is 11.7 Å². The molecule has 0 fully saturated rings. The third-order valence-electron chi connectivity index (χ3n) is 3.17. The van der Waals surface area contributed by atoms with Gasteiger partial charge in [0.1, 0.15) is 0 Å². The Kier molecular flexibility index (Phi) is 2.72. The molecule has 2 N–H and O–H groups in total. The highest BCUT2D eigenvalue weighted by Gasteiger charge is 2.16. The fourth-order valence-electron chi connectivity index (χ4n) is 2.15. The van der Waals surface area contributed by atoms with E-state index in [9.17, 15) is 0 Å². The molecule has 0 radical (unpaired) electrons. The minimum Gasteiger partial charge on any atom is -0.281 e. The summed E-state index contributed by atoms with van der Waals surface area (Å²) in [5, 5.41) is 10.3. The fourth-order valence-corrected chi connectivity index (χ4v) is 3.30. The Bertz CT molecular complexity index is 975. The first kappa shape index (κ1) is 12.4. The third kappa shape index (κ3) is 1.99. The van der Waals surface area contributed by atoms with Gasteiger partial charge in [0, 0.05) is 5.56 Å². The van der Waals surface area contributed by atoms with E-state index >= 15 is 0 Å². The number of H-pyrrole nitrogens is 2. The van der Waals surface area contributed by atoms with Crippen molar-refractivity contribution < 1.29 is 0 Å². The van der Waals surface area contributed by atoms with Crippen molar-refractivity contribution in [3.8, 4) is 22.1 Å². The highest BCUT2D eigenvalue weighted by atomic mass is 32.1. The van der Waals surface area contributed by atoms with E-state index in [-0.39, 0.29) is 0 Å². The molecule has 0 aliphatic rings. The zero-order chi connectivity index (χ0) is 14.4. The molecule has 0 amide bonds. The van der Waals surface area contributed by atoms with Crippen LogP contribution in [0.3, 0.4) is 0 Å². The van der Waals surface area contributed by atoms with Crippen molar-refractivity contribution in [3.05, 3.63) is 40.8 Å². The maximum Gasteiger partial charge on any atom is 0.213 e. The van der Waals surface area contributed by atoms with E-state index in [0.717, 1.165) is 32.7 Å². The average Bonchev–Trinajstić information content (AvgIpc) is 3.17. The summed E-state index contributed by atoms with van der Waals surface area (Å²) in [5.41, 5.74) is 2.00. The second-order valence-electron chi connectivity index (χ2n) is 4.53. The predicted molar refractivity (Wildman–Crippen MR) is 83.8 cm³/mol. The number of thiazole rings is 1. The summed E-state index contributed by atoms with van der Waals surface area (Å²) in [4.78, 5) is 10.7. The molecule has 4 aromatic rings. The van der Waals surface area contributed by atoms with Crippen LogP contribution in [0.4, 0.5) is 0 Å². The molecule has 0 atom stereocenters. The topological polar surface area (TPSA) is 74.7 Å². The summed E-state index contributed by atoms with van der Waals surface area (Å²) in [6, 6.07) is 9.94. The van der Waals surface area contributed by atoms with Crippen LogP contribution in [0.1, 0.15) is 5.69 Å². The van der Waals surface area contributed by atoms with Gasteiger partial charge in [-0.3, -0.25) is 10.2 Å². The van der Waals surface area contributed by atoms with Gasteiger partial charge in [-0.15, -0.1) is 5.10 Å². The number of fused-ring (bicyclic) bond motifs is 1. The lowest BCUT2D eigenvalue weighted by Crippen LogP contribution is -1.90. The number of hydrogen-bond donors (Lipinski definition) is 2. The second kappa shape index (κ2) is 4.61. The third-order valence-corrected chi connectivity index (χ3v) is 4.50. The summed E-state index contributed by atoms with van der Waals surface area (Å²) in [6.45, 7) is 1.99. The Hall–Kier alpha value is -2.32. The molecular formula is C13H10N6S2. The van der Waals surface area contributed by atoms with Gasteiger partial charge < -0.3 is 0 Å². The Labute approximate surface area is 128 Å². The Morgan fingerprint density at radius 2 is 1.95 bits per heavy atom. The van der Waals surface area contributed by atoms with Gasteiger partial charge in [-0.25, -0.2) is 4.52 Å². The lowest BCUT2D eigenvalue weighted by molar-refractivity contribution is 0.935. The van der Waals surface area contributed by atoms with Gasteiger partial charge in [-0.05, 0) is 19.1 Å². The van der Waals surface area contributed by atoms with Crippen molar-refractivity contribution in [3.63, 3.8) is 0 Å². The molecule has 0 bridgehead atoms. The van der Waals surface area contributed by atoms with Crippen LogP contribution in [0.5, 0.6) is 0 Å². The summed E-state index contributed by atoms with van der Waals surface area (Å²) < 4.78 is 2.28. The second-order valence-corrected chi connectivity index (χ2v) is 5.89. The van der Waals surface area contributed by atoms with Gasteiger partial charge in [0.15, 0.2) is 11.6 Å². The number of nitrogens with zero attached hydrogens (tertiary/aromatic N) is 4. The van der Waals surface area contributed by atoms with Crippen LogP contribution in [0.15, 0.2) is 30.3 Å². The van der Waals surface area contributed by atoms with Gasteiger partial charge in [0.2, 0.25) is 9.73 Å². The molecule has 0 saturated heterocycles. The maximum absolute atomic E-state index is 4.99. The van der Waals surface area contributed by atoms with E-state index in [0.29, 0.717) is 4.77 Å². The molecule has 4 rings (SSSR count). The first-order chi connectivity index (χ1) is 10.2. The Morgan fingerprint density at radius 1 is 1.14 bits per heavy atom. The van der Waals surface area contributed by atoms with Gasteiger partial charge in [-0.1, -0.05) is 41.7 Å². The molecule has 0 saturated carbocycles. The molecule has 3 aromatic heterocycles. The van der Waals surface area contributed by atoms with E-state index in [2.05, 4.69) is 25.3 Å². The number of nitrogens with one attached hydrogen (secondary N) is 2. The zero-order valence-corrected chi connectivity index (χ0v) is 12.6. The van der Waals surface area contributed by atoms with E-state index < -0.39 is 0 Å². The molecule has 0 aliphatic heterocycles. The lowest BCUT2D eigenvalue weighted by Gasteiger charge is -1.94. The smallest absolute Gasteiger partial charge is 0.213 e.